The molecular formula is C23H29F3N8O. The number of aromatic amines is 1. The van der Waals surface area contributed by atoms with Crippen LogP contribution in [0.2, 0.25) is 0 Å². The zero-order valence-electron chi connectivity index (χ0n) is 19.5. The number of hydrogen-bond acceptors (Lipinski definition) is 5. The van der Waals surface area contributed by atoms with Crippen LogP contribution < -0.4 is 0 Å². The Labute approximate surface area is 200 Å². The molecule has 0 radical (unpaired) electrons. The van der Waals surface area contributed by atoms with Crippen molar-refractivity contribution in [2.24, 2.45) is 10.8 Å². The molecule has 2 aromatic rings. The van der Waals surface area contributed by atoms with E-state index in [2.05, 4.69) is 25.1 Å². The van der Waals surface area contributed by atoms with Crippen LogP contribution in [-0.2, 0) is 13.1 Å². The van der Waals surface area contributed by atoms with E-state index in [1.54, 1.807) is 0 Å². The molecule has 1 N–H and O–H groups in total. The van der Waals surface area contributed by atoms with E-state index in [4.69, 9.17) is 0 Å². The Morgan fingerprint density at radius 1 is 1.03 bits per heavy atom. The van der Waals surface area contributed by atoms with Gasteiger partial charge in [0.1, 0.15) is 18.2 Å². The SMILES string of the molecule is O=C(N1CC2(CC(c3nc(C4CC4)n[nH]3)C2)C1)N1CC2(CN(Cc3nccn3CC(F)(F)F)C2)C1. The van der Waals surface area contributed by atoms with Gasteiger partial charge < -0.3 is 14.4 Å². The molecule has 2 spiro atoms. The van der Waals surface area contributed by atoms with Crippen LogP contribution in [-0.4, -0.2) is 90.9 Å². The van der Waals surface area contributed by atoms with Gasteiger partial charge in [-0.1, -0.05) is 0 Å². The molecule has 2 aliphatic carbocycles. The number of hydrogen-bond donors (Lipinski definition) is 1. The normalized spacial score (nSPS) is 25.3. The Kier molecular flexibility index (Phi) is 4.45. The largest absolute Gasteiger partial charge is 0.406 e. The van der Waals surface area contributed by atoms with Crippen LogP contribution in [0.25, 0.3) is 0 Å². The maximum absolute atomic E-state index is 12.9. The van der Waals surface area contributed by atoms with Crippen molar-refractivity contribution in [2.75, 3.05) is 39.3 Å². The molecule has 0 bridgehead atoms. The molecule has 9 nitrogen and oxygen atoms in total. The summed E-state index contributed by atoms with van der Waals surface area (Å²) in [6.07, 6.45) is 3.08. The highest BCUT2D eigenvalue weighted by molar-refractivity contribution is 5.77. The molecule has 5 aliphatic rings. The lowest BCUT2D eigenvalue weighted by molar-refractivity contribution is -0.142. The number of aromatic nitrogens is 5. The Morgan fingerprint density at radius 3 is 2.37 bits per heavy atom. The van der Waals surface area contributed by atoms with Crippen LogP contribution in [0.1, 0.15) is 55.0 Å². The first-order valence-corrected chi connectivity index (χ1v) is 12.4. The third-order valence-electron chi connectivity index (χ3n) is 8.49. The summed E-state index contributed by atoms with van der Waals surface area (Å²) in [6.45, 7) is 4.08. The minimum atomic E-state index is -4.26. The van der Waals surface area contributed by atoms with Gasteiger partial charge in [0.15, 0.2) is 5.82 Å². The second-order valence-corrected chi connectivity index (χ2v) is 11.7. The van der Waals surface area contributed by atoms with Crippen molar-refractivity contribution in [2.45, 2.75) is 56.8 Å². The molecule has 3 saturated heterocycles. The molecular weight excluding hydrogens is 461 g/mol. The van der Waals surface area contributed by atoms with E-state index in [1.807, 2.05) is 9.80 Å². The molecule has 0 unspecified atom stereocenters. The average molecular weight is 491 g/mol. The summed E-state index contributed by atoms with van der Waals surface area (Å²) in [4.78, 5) is 27.7. The Bertz CT molecular complexity index is 1130. The number of H-pyrrole nitrogens is 1. The van der Waals surface area contributed by atoms with Gasteiger partial charge in [0.25, 0.3) is 0 Å². The lowest BCUT2D eigenvalue weighted by Gasteiger charge is -2.63. The minimum Gasteiger partial charge on any atom is -0.325 e. The van der Waals surface area contributed by atoms with Crippen LogP contribution in [0.3, 0.4) is 0 Å². The third kappa shape index (κ3) is 3.80. The van der Waals surface area contributed by atoms with Gasteiger partial charge in [-0.25, -0.2) is 14.8 Å². The predicted molar refractivity (Wildman–Crippen MR) is 117 cm³/mol. The molecule has 5 heterocycles. The van der Waals surface area contributed by atoms with Crippen molar-refractivity contribution in [3.05, 3.63) is 29.9 Å². The van der Waals surface area contributed by atoms with Crippen LogP contribution in [0.4, 0.5) is 18.0 Å². The number of carbonyl (C=O) groups excluding carboxylic acids is 1. The topological polar surface area (TPSA) is 86.2 Å². The number of halogens is 3. The number of likely N-dealkylation sites (tertiary alicyclic amines) is 3. The van der Waals surface area contributed by atoms with E-state index in [9.17, 15) is 18.0 Å². The molecule has 2 amide bonds. The van der Waals surface area contributed by atoms with Gasteiger partial charge >= 0.3 is 12.2 Å². The van der Waals surface area contributed by atoms with Crippen LogP contribution in [0, 0.1) is 10.8 Å². The van der Waals surface area contributed by atoms with Gasteiger partial charge in [-0.3, -0.25) is 10.00 Å². The van der Waals surface area contributed by atoms with Gasteiger partial charge in [-0.05, 0) is 25.7 Å². The Balaban J connectivity index is 0.846. The second-order valence-electron chi connectivity index (χ2n) is 11.7. The number of nitrogens with zero attached hydrogens (tertiary/aromatic N) is 7. The average Bonchev–Trinajstić information content (AvgIpc) is 3.26. The number of rotatable bonds is 5. The van der Waals surface area contributed by atoms with Crippen LogP contribution in [0.5, 0.6) is 0 Å². The van der Waals surface area contributed by atoms with Gasteiger partial charge in [-0.2, -0.15) is 18.3 Å². The highest BCUT2D eigenvalue weighted by Crippen LogP contribution is 2.56. The van der Waals surface area contributed by atoms with Gasteiger partial charge in [-0.15, -0.1) is 0 Å². The first-order valence-electron chi connectivity index (χ1n) is 12.4. The summed E-state index contributed by atoms with van der Waals surface area (Å²) < 4.78 is 39.3. The van der Waals surface area contributed by atoms with E-state index < -0.39 is 12.7 Å². The predicted octanol–water partition coefficient (Wildman–Crippen LogP) is 2.56. The van der Waals surface area contributed by atoms with E-state index >= 15 is 0 Å². The summed E-state index contributed by atoms with van der Waals surface area (Å²) >= 11 is 0. The standard InChI is InChI=1S/C23H29F3N8O/c24-23(25,26)14-32-4-3-27-17(32)7-31-8-22(9-31)12-34(13-22)20(35)33-10-21(11-33)5-16(6-21)19-28-18(29-30-19)15-1-2-15/h3-4,15-16H,1-2,5-14H2,(H,28,29,30). The number of amides is 2. The maximum atomic E-state index is 12.9. The van der Waals surface area contributed by atoms with Gasteiger partial charge in [0.05, 0.1) is 6.54 Å². The molecule has 7 rings (SSSR count). The molecule has 0 atom stereocenters. The first-order chi connectivity index (χ1) is 16.7. The number of alkyl halides is 3. The van der Waals surface area contributed by atoms with E-state index in [0.717, 1.165) is 63.8 Å². The highest BCUT2D eigenvalue weighted by atomic mass is 19.4. The third-order valence-corrected chi connectivity index (χ3v) is 8.49. The number of urea groups is 1. The lowest BCUT2D eigenvalue weighted by Crippen LogP contribution is -2.75. The van der Waals surface area contributed by atoms with Crippen LogP contribution >= 0.6 is 0 Å². The first kappa shape index (κ1) is 21.6. The summed E-state index contributed by atoms with van der Waals surface area (Å²) in [5.41, 5.74) is 0.341. The van der Waals surface area contributed by atoms with Crippen molar-refractivity contribution < 1.29 is 18.0 Å². The fourth-order valence-electron chi connectivity index (χ4n) is 6.67. The zero-order chi connectivity index (χ0) is 24.0. The van der Waals surface area contributed by atoms with Gasteiger partial charge in [0.2, 0.25) is 0 Å². The second kappa shape index (κ2) is 7.21. The quantitative estimate of drug-likeness (QED) is 0.696. The molecule has 188 valence electrons. The number of carbonyl (C=O) groups is 1. The molecule has 3 aliphatic heterocycles. The molecule has 5 fully saturated rings. The number of nitrogens with one attached hydrogen (secondary N) is 1. The van der Waals surface area contributed by atoms with Crippen molar-refractivity contribution in [1.29, 1.82) is 0 Å². The fourth-order valence-corrected chi connectivity index (χ4v) is 6.67. The van der Waals surface area contributed by atoms with Crippen LogP contribution in [0.15, 0.2) is 12.4 Å². The maximum Gasteiger partial charge on any atom is 0.406 e. The number of imidazole rings is 1. The van der Waals surface area contributed by atoms with E-state index in [-0.39, 0.29) is 16.9 Å². The minimum absolute atomic E-state index is 0.0901. The van der Waals surface area contributed by atoms with Gasteiger partial charge in [0, 0.05) is 74.3 Å². The Hall–Kier alpha value is -2.63. The van der Waals surface area contributed by atoms with Crippen molar-refractivity contribution in [3.63, 3.8) is 0 Å². The Morgan fingerprint density at radius 2 is 1.71 bits per heavy atom. The zero-order valence-corrected chi connectivity index (χ0v) is 19.5. The smallest absolute Gasteiger partial charge is 0.325 e. The van der Waals surface area contributed by atoms with E-state index in [0.29, 0.717) is 24.2 Å². The van der Waals surface area contributed by atoms with E-state index in [1.165, 1.54) is 29.8 Å². The summed E-state index contributed by atoms with van der Waals surface area (Å²) in [6, 6.07) is 0.125. The summed E-state index contributed by atoms with van der Waals surface area (Å²) in [5.74, 6) is 3.42. The summed E-state index contributed by atoms with van der Waals surface area (Å²) in [5, 5.41) is 7.50. The van der Waals surface area contributed by atoms with Crippen molar-refractivity contribution in [1.82, 2.24) is 39.4 Å². The molecule has 2 saturated carbocycles. The fraction of sp³-hybridized carbons (Fsp3) is 0.739. The monoisotopic (exact) mass is 490 g/mol. The molecule has 0 aromatic carbocycles. The highest BCUT2D eigenvalue weighted by Gasteiger charge is 2.58. The summed E-state index contributed by atoms with van der Waals surface area (Å²) in [7, 11) is 0. The molecule has 35 heavy (non-hydrogen) atoms. The van der Waals surface area contributed by atoms with Crippen molar-refractivity contribution >= 4 is 6.03 Å². The van der Waals surface area contributed by atoms with Crippen molar-refractivity contribution in [3.8, 4) is 0 Å². The molecule has 12 heteroatoms. The lowest BCUT2D eigenvalue weighted by atomic mass is 9.57. The molecule has 2 aromatic heterocycles.